The first-order valence-corrected chi connectivity index (χ1v) is 7.16. The van der Waals surface area contributed by atoms with Gasteiger partial charge < -0.3 is 5.32 Å². The summed E-state index contributed by atoms with van der Waals surface area (Å²) in [5, 5.41) is 3.61. The first-order valence-electron chi connectivity index (χ1n) is 7.16. The van der Waals surface area contributed by atoms with E-state index in [1.54, 1.807) is 0 Å². The lowest BCUT2D eigenvalue weighted by atomic mass is 9.97. The molecule has 0 aromatic carbocycles. The van der Waals surface area contributed by atoms with Gasteiger partial charge in [-0.05, 0) is 38.0 Å². The summed E-state index contributed by atoms with van der Waals surface area (Å²) in [5.74, 6) is 0. The second-order valence-electron chi connectivity index (χ2n) is 6.05. The van der Waals surface area contributed by atoms with E-state index in [1.807, 2.05) is 0 Å². The Morgan fingerprint density at radius 1 is 1.31 bits per heavy atom. The van der Waals surface area contributed by atoms with Crippen molar-refractivity contribution in [2.75, 3.05) is 19.6 Å². The van der Waals surface area contributed by atoms with Crippen LogP contribution in [-0.4, -0.2) is 36.6 Å². The Balaban J connectivity index is 1.90. The van der Waals surface area contributed by atoms with Crippen LogP contribution in [-0.2, 0) is 0 Å². The molecule has 1 aliphatic carbocycles. The SMILES string of the molecule is CCCC1(CN2CC(C)NCC2CC)CC1. The van der Waals surface area contributed by atoms with Crippen LogP contribution in [0.1, 0.15) is 52.9 Å². The minimum Gasteiger partial charge on any atom is -0.311 e. The van der Waals surface area contributed by atoms with E-state index in [0.717, 1.165) is 11.5 Å². The molecule has 2 heteroatoms. The summed E-state index contributed by atoms with van der Waals surface area (Å²) >= 11 is 0. The molecule has 0 aromatic heterocycles. The Morgan fingerprint density at radius 3 is 2.62 bits per heavy atom. The summed E-state index contributed by atoms with van der Waals surface area (Å²) < 4.78 is 0. The summed E-state index contributed by atoms with van der Waals surface area (Å²) in [5.41, 5.74) is 0.721. The van der Waals surface area contributed by atoms with Crippen molar-refractivity contribution in [3.63, 3.8) is 0 Å². The van der Waals surface area contributed by atoms with Crippen LogP contribution < -0.4 is 5.32 Å². The molecule has 2 unspecified atom stereocenters. The number of hydrogen-bond donors (Lipinski definition) is 1. The third kappa shape index (κ3) is 2.78. The van der Waals surface area contributed by atoms with Crippen LogP contribution in [0.25, 0.3) is 0 Å². The lowest BCUT2D eigenvalue weighted by molar-refractivity contribution is 0.102. The summed E-state index contributed by atoms with van der Waals surface area (Å²) in [6.07, 6.45) is 7.06. The lowest BCUT2D eigenvalue weighted by Crippen LogP contribution is -2.56. The van der Waals surface area contributed by atoms with Crippen molar-refractivity contribution in [1.82, 2.24) is 10.2 Å². The maximum absolute atomic E-state index is 3.61. The maximum atomic E-state index is 3.61. The van der Waals surface area contributed by atoms with Gasteiger partial charge in [0.15, 0.2) is 0 Å². The second kappa shape index (κ2) is 5.05. The molecule has 2 atom stereocenters. The Labute approximate surface area is 101 Å². The third-order valence-corrected chi connectivity index (χ3v) is 4.47. The van der Waals surface area contributed by atoms with Crippen LogP contribution in [0.2, 0.25) is 0 Å². The molecule has 0 bridgehead atoms. The number of nitrogens with one attached hydrogen (secondary N) is 1. The molecule has 1 saturated heterocycles. The van der Waals surface area contributed by atoms with Gasteiger partial charge >= 0.3 is 0 Å². The van der Waals surface area contributed by atoms with Crippen LogP contribution in [0.5, 0.6) is 0 Å². The van der Waals surface area contributed by atoms with Gasteiger partial charge in [-0.3, -0.25) is 4.90 Å². The zero-order chi connectivity index (χ0) is 11.6. The van der Waals surface area contributed by atoms with E-state index in [9.17, 15) is 0 Å². The zero-order valence-corrected chi connectivity index (χ0v) is 11.3. The average molecular weight is 224 g/mol. The maximum Gasteiger partial charge on any atom is 0.0219 e. The van der Waals surface area contributed by atoms with Crippen molar-refractivity contribution >= 4 is 0 Å². The van der Waals surface area contributed by atoms with E-state index in [4.69, 9.17) is 0 Å². The molecule has 1 N–H and O–H groups in total. The van der Waals surface area contributed by atoms with Crippen LogP contribution in [0.4, 0.5) is 0 Å². The molecule has 0 spiro atoms. The third-order valence-electron chi connectivity index (χ3n) is 4.47. The van der Waals surface area contributed by atoms with Gasteiger partial charge in [0.1, 0.15) is 0 Å². The molecule has 1 saturated carbocycles. The van der Waals surface area contributed by atoms with Gasteiger partial charge in [0.05, 0.1) is 0 Å². The molecule has 16 heavy (non-hydrogen) atoms. The topological polar surface area (TPSA) is 15.3 Å². The van der Waals surface area contributed by atoms with E-state index in [-0.39, 0.29) is 0 Å². The largest absolute Gasteiger partial charge is 0.311 e. The van der Waals surface area contributed by atoms with E-state index >= 15 is 0 Å². The smallest absolute Gasteiger partial charge is 0.0219 e. The zero-order valence-electron chi connectivity index (χ0n) is 11.3. The highest BCUT2D eigenvalue weighted by Gasteiger charge is 2.44. The van der Waals surface area contributed by atoms with Gasteiger partial charge in [-0.25, -0.2) is 0 Å². The van der Waals surface area contributed by atoms with Gasteiger partial charge in [-0.2, -0.15) is 0 Å². The fraction of sp³-hybridized carbons (Fsp3) is 1.00. The molecule has 2 rings (SSSR count). The summed E-state index contributed by atoms with van der Waals surface area (Å²) in [7, 11) is 0. The molecule has 2 fully saturated rings. The van der Waals surface area contributed by atoms with Crippen molar-refractivity contribution in [3.8, 4) is 0 Å². The standard InChI is InChI=1S/C14H28N2/c1-4-6-14(7-8-14)11-16-10-12(3)15-9-13(16)5-2/h12-13,15H,4-11H2,1-3H3. The van der Waals surface area contributed by atoms with Crippen molar-refractivity contribution < 1.29 is 0 Å². The van der Waals surface area contributed by atoms with Gasteiger partial charge in [-0.1, -0.05) is 20.3 Å². The van der Waals surface area contributed by atoms with Crippen LogP contribution in [0.3, 0.4) is 0 Å². The molecular weight excluding hydrogens is 196 g/mol. The highest BCUT2D eigenvalue weighted by Crippen LogP contribution is 2.50. The van der Waals surface area contributed by atoms with Crippen LogP contribution in [0, 0.1) is 5.41 Å². The van der Waals surface area contributed by atoms with E-state index in [0.29, 0.717) is 6.04 Å². The molecule has 94 valence electrons. The number of rotatable bonds is 5. The van der Waals surface area contributed by atoms with Crippen molar-refractivity contribution in [1.29, 1.82) is 0 Å². The van der Waals surface area contributed by atoms with Gasteiger partial charge in [0.25, 0.3) is 0 Å². The first-order chi connectivity index (χ1) is 7.69. The number of piperazine rings is 1. The quantitative estimate of drug-likeness (QED) is 0.772. The number of nitrogens with zero attached hydrogens (tertiary/aromatic N) is 1. The van der Waals surface area contributed by atoms with Gasteiger partial charge in [0.2, 0.25) is 0 Å². The highest BCUT2D eigenvalue weighted by atomic mass is 15.2. The predicted octanol–water partition coefficient (Wildman–Crippen LogP) is 2.64. The molecule has 2 aliphatic rings. The molecule has 1 heterocycles. The minimum atomic E-state index is 0.681. The van der Waals surface area contributed by atoms with E-state index in [1.165, 1.54) is 51.7 Å². The Kier molecular flexibility index (Phi) is 3.91. The second-order valence-corrected chi connectivity index (χ2v) is 6.05. The fourth-order valence-electron chi connectivity index (χ4n) is 3.25. The normalized spacial score (nSPS) is 33.9. The van der Waals surface area contributed by atoms with E-state index in [2.05, 4.69) is 31.0 Å². The molecule has 0 amide bonds. The summed E-state index contributed by atoms with van der Waals surface area (Å²) in [6, 6.07) is 1.46. The lowest BCUT2D eigenvalue weighted by Gasteiger charge is -2.41. The minimum absolute atomic E-state index is 0.681. The molecule has 1 aliphatic heterocycles. The van der Waals surface area contributed by atoms with Crippen molar-refractivity contribution in [2.45, 2.75) is 65.0 Å². The monoisotopic (exact) mass is 224 g/mol. The van der Waals surface area contributed by atoms with Gasteiger partial charge in [0, 0.05) is 31.7 Å². The molecule has 0 radical (unpaired) electrons. The number of hydrogen-bond acceptors (Lipinski definition) is 2. The first kappa shape index (κ1) is 12.4. The fourth-order valence-corrected chi connectivity index (χ4v) is 3.25. The Hall–Kier alpha value is -0.0800. The van der Waals surface area contributed by atoms with Crippen LogP contribution in [0.15, 0.2) is 0 Å². The summed E-state index contributed by atoms with van der Waals surface area (Å²) in [4.78, 5) is 2.77. The van der Waals surface area contributed by atoms with Crippen molar-refractivity contribution in [3.05, 3.63) is 0 Å². The summed E-state index contributed by atoms with van der Waals surface area (Å²) in [6.45, 7) is 10.8. The van der Waals surface area contributed by atoms with Crippen molar-refractivity contribution in [2.24, 2.45) is 5.41 Å². The molecular formula is C14H28N2. The Bertz CT molecular complexity index is 223. The van der Waals surface area contributed by atoms with Gasteiger partial charge in [-0.15, -0.1) is 0 Å². The van der Waals surface area contributed by atoms with E-state index < -0.39 is 0 Å². The molecule has 0 aromatic rings. The van der Waals surface area contributed by atoms with Crippen LogP contribution >= 0.6 is 0 Å². The average Bonchev–Trinajstić information content (AvgIpc) is 2.99. The highest BCUT2D eigenvalue weighted by molar-refractivity contribution is 4.97. The predicted molar refractivity (Wildman–Crippen MR) is 69.7 cm³/mol. The molecule has 2 nitrogen and oxygen atoms in total. The Morgan fingerprint density at radius 2 is 2.06 bits per heavy atom.